The Balaban J connectivity index is 2.37. The fourth-order valence-electron chi connectivity index (χ4n) is 2.21. The third-order valence-electron chi connectivity index (χ3n) is 3.81. The largest absolute Gasteiger partial charge is 0.388 e. The van der Waals surface area contributed by atoms with Crippen LogP contribution >= 0.6 is 0 Å². The SMILES string of the molecule is COCC(N)C(=O)NCC1(O)CCC(C)(C)CC1. The highest BCUT2D eigenvalue weighted by Crippen LogP contribution is 2.39. The molecule has 0 bridgehead atoms. The number of hydrogen-bond acceptors (Lipinski definition) is 4. The number of ether oxygens (including phenoxy) is 1. The smallest absolute Gasteiger partial charge is 0.239 e. The molecule has 1 aliphatic rings. The van der Waals surface area contributed by atoms with Crippen LogP contribution in [0.5, 0.6) is 0 Å². The summed E-state index contributed by atoms with van der Waals surface area (Å²) in [5.41, 5.74) is 5.13. The van der Waals surface area contributed by atoms with Crippen molar-refractivity contribution in [2.75, 3.05) is 20.3 Å². The van der Waals surface area contributed by atoms with E-state index >= 15 is 0 Å². The third kappa shape index (κ3) is 4.55. The minimum atomic E-state index is -0.780. The molecule has 1 amide bonds. The van der Waals surface area contributed by atoms with Gasteiger partial charge in [-0.15, -0.1) is 0 Å². The molecule has 0 aromatic rings. The van der Waals surface area contributed by atoms with Gasteiger partial charge >= 0.3 is 0 Å². The van der Waals surface area contributed by atoms with Crippen molar-refractivity contribution in [2.24, 2.45) is 11.1 Å². The Morgan fingerprint density at radius 1 is 1.39 bits per heavy atom. The Morgan fingerprint density at radius 2 is 1.94 bits per heavy atom. The number of methoxy groups -OCH3 is 1. The number of nitrogens with one attached hydrogen (secondary N) is 1. The molecule has 0 radical (unpaired) electrons. The molecule has 18 heavy (non-hydrogen) atoms. The Labute approximate surface area is 109 Å². The van der Waals surface area contributed by atoms with Crippen LogP contribution in [0.2, 0.25) is 0 Å². The van der Waals surface area contributed by atoms with Crippen molar-refractivity contribution >= 4 is 5.91 Å². The number of aliphatic hydroxyl groups is 1. The van der Waals surface area contributed by atoms with Crippen LogP contribution in [0.25, 0.3) is 0 Å². The third-order valence-corrected chi connectivity index (χ3v) is 3.81. The number of amides is 1. The van der Waals surface area contributed by atoms with Gasteiger partial charge in [0.1, 0.15) is 6.04 Å². The zero-order valence-corrected chi connectivity index (χ0v) is 11.7. The van der Waals surface area contributed by atoms with Gasteiger partial charge in [0.05, 0.1) is 12.2 Å². The Bertz CT molecular complexity index is 282. The zero-order chi connectivity index (χ0) is 13.8. The van der Waals surface area contributed by atoms with E-state index in [9.17, 15) is 9.90 Å². The molecule has 1 fully saturated rings. The highest BCUT2D eigenvalue weighted by Gasteiger charge is 2.36. The highest BCUT2D eigenvalue weighted by atomic mass is 16.5. The van der Waals surface area contributed by atoms with Gasteiger partial charge in [0.25, 0.3) is 0 Å². The topological polar surface area (TPSA) is 84.6 Å². The number of hydrogen-bond donors (Lipinski definition) is 3. The van der Waals surface area contributed by atoms with Crippen molar-refractivity contribution in [3.05, 3.63) is 0 Å². The van der Waals surface area contributed by atoms with Crippen molar-refractivity contribution in [3.63, 3.8) is 0 Å². The quantitative estimate of drug-likeness (QED) is 0.667. The lowest BCUT2D eigenvalue weighted by molar-refractivity contribution is -0.125. The average Bonchev–Trinajstić information content (AvgIpc) is 2.31. The standard InChI is InChI=1S/C13H26N2O3/c1-12(2)4-6-13(17,7-5-12)9-15-11(16)10(14)8-18-3/h10,17H,4-9,14H2,1-3H3,(H,15,16). The first-order valence-electron chi connectivity index (χ1n) is 6.53. The predicted molar refractivity (Wildman–Crippen MR) is 70.1 cm³/mol. The van der Waals surface area contributed by atoms with Crippen molar-refractivity contribution in [3.8, 4) is 0 Å². The van der Waals surface area contributed by atoms with E-state index in [2.05, 4.69) is 19.2 Å². The monoisotopic (exact) mass is 258 g/mol. The van der Waals surface area contributed by atoms with Crippen molar-refractivity contribution in [2.45, 2.75) is 51.2 Å². The summed E-state index contributed by atoms with van der Waals surface area (Å²) in [5, 5.41) is 13.1. The molecule has 1 aliphatic carbocycles. The van der Waals surface area contributed by atoms with Gasteiger partial charge < -0.3 is 20.9 Å². The summed E-state index contributed by atoms with van der Waals surface area (Å²) in [5.74, 6) is -0.268. The van der Waals surface area contributed by atoms with Gasteiger partial charge in [-0.05, 0) is 31.1 Å². The van der Waals surface area contributed by atoms with Gasteiger partial charge in [-0.3, -0.25) is 4.79 Å². The van der Waals surface area contributed by atoms with E-state index in [1.54, 1.807) is 0 Å². The Kier molecular flexibility index (Phi) is 5.13. The second-order valence-corrected chi connectivity index (χ2v) is 6.17. The normalized spacial score (nSPS) is 23.4. The zero-order valence-electron chi connectivity index (χ0n) is 11.7. The molecule has 0 aromatic carbocycles. The van der Waals surface area contributed by atoms with E-state index in [1.807, 2.05) is 0 Å². The van der Waals surface area contributed by atoms with E-state index in [4.69, 9.17) is 10.5 Å². The number of nitrogens with two attached hydrogens (primary N) is 1. The summed E-state index contributed by atoms with van der Waals surface area (Å²) in [7, 11) is 1.50. The minimum Gasteiger partial charge on any atom is -0.388 e. The molecule has 1 saturated carbocycles. The molecule has 0 aliphatic heterocycles. The predicted octanol–water partition coefficient (Wildman–Crippen LogP) is 0.408. The maximum Gasteiger partial charge on any atom is 0.239 e. The molecule has 0 aromatic heterocycles. The van der Waals surface area contributed by atoms with Crippen LogP contribution < -0.4 is 11.1 Å². The average molecular weight is 258 g/mol. The molecule has 4 N–H and O–H groups in total. The van der Waals surface area contributed by atoms with Gasteiger partial charge in [-0.1, -0.05) is 13.8 Å². The number of rotatable bonds is 5. The van der Waals surface area contributed by atoms with Crippen molar-refractivity contribution in [1.82, 2.24) is 5.32 Å². The summed E-state index contributed by atoms with van der Waals surface area (Å²) in [6.07, 6.45) is 3.40. The Hall–Kier alpha value is -0.650. The van der Waals surface area contributed by atoms with Crippen LogP contribution in [0.15, 0.2) is 0 Å². The summed E-state index contributed by atoms with van der Waals surface area (Å²) in [6.45, 7) is 4.88. The van der Waals surface area contributed by atoms with E-state index in [1.165, 1.54) is 7.11 Å². The maximum atomic E-state index is 11.6. The first kappa shape index (κ1) is 15.4. The minimum absolute atomic E-state index is 0.192. The van der Waals surface area contributed by atoms with Crippen LogP contribution in [0.4, 0.5) is 0 Å². The van der Waals surface area contributed by atoms with Crippen LogP contribution in [-0.2, 0) is 9.53 Å². The van der Waals surface area contributed by atoms with E-state index < -0.39 is 11.6 Å². The second-order valence-electron chi connectivity index (χ2n) is 6.17. The molecule has 5 nitrogen and oxygen atoms in total. The lowest BCUT2D eigenvalue weighted by Crippen LogP contribution is -2.51. The van der Waals surface area contributed by atoms with E-state index in [0.29, 0.717) is 5.41 Å². The van der Waals surface area contributed by atoms with Crippen LogP contribution in [0.1, 0.15) is 39.5 Å². The van der Waals surface area contributed by atoms with Crippen LogP contribution in [0, 0.1) is 5.41 Å². The maximum absolute atomic E-state index is 11.6. The highest BCUT2D eigenvalue weighted by molar-refractivity contribution is 5.81. The number of carbonyl (C=O) groups is 1. The molecule has 0 saturated heterocycles. The Morgan fingerprint density at radius 3 is 2.44 bits per heavy atom. The van der Waals surface area contributed by atoms with Crippen LogP contribution in [-0.4, -0.2) is 42.9 Å². The molecule has 0 heterocycles. The van der Waals surface area contributed by atoms with Gasteiger partial charge in [-0.25, -0.2) is 0 Å². The molecule has 106 valence electrons. The molecule has 0 spiro atoms. The molecule has 5 heteroatoms. The lowest BCUT2D eigenvalue weighted by Gasteiger charge is -2.40. The number of carbonyl (C=O) groups excluding carboxylic acids is 1. The lowest BCUT2D eigenvalue weighted by atomic mass is 9.71. The molecule has 1 unspecified atom stereocenters. The first-order valence-corrected chi connectivity index (χ1v) is 6.53. The van der Waals surface area contributed by atoms with Gasteiger partial charge in [-0.2, -0.15) is 0 Å². The molecular weight excluding hydrogens is 232 g/mol. The molecule has 1 rings (SSSR count). The summed E-state index contributed by atoms with van der Waals surface area (Å²) in [6, 6.07) is -0.668. The summed E-state index contributed by atoms with van der Waals surface area (Å²) >= 11 is 0. The van der Waals surface area contributed by atoms with Gasteiger partial charge in [0.15, 0.2) is 0 Å². The van der Waals surface area contributed by atoms with Crippen LogP contribution in [0.3, 0.4) is 0 Å². The summed E-state index contributed by atoms with van der Waals surface area (Å²) < 4.78 is 4.82. The van der Waals surface area contributed by atoms with Gasteiger partial charge in [0.2, 0.25) is 5.91 Å². The van der Waals surface area contributed by atoms with E-state index in [-0.39, 0.29) is 19.1 Å². The molecular formula is C13H26N2O3. The first-order chi connectivity index (χ1) is 8.28. The fourth-order valence-corrected chi connectivity index (χ4v) is 2.21. The van der Waals surface area contributed by atoms with Gasteiger partial charge in [0, 0.05) is 13.7 Å². The van der Waals surface area contributed by atoms with Crippen molar-refractivity contribution < 1.29 is 14.6 Å². The fraction of sp³-hybridized carbons (Fsp3) is 0.923. The molecule has 1 atom stereocenters. The second kappa shape index (κ2) is 5.99. The van der Waals surface area contributed by atoms with Crippen molar-refractivity contribution in [1.29, 1.82) is 0 Å². The summed E-state index contributed by atoms with van der Waals surface area (Å²) in [4.78, 5) is 11.6. The van der Waals surface area contributed by atoms with E-state index in [0.717, 1.165) is 25.7 Å².